The number of hydrogen-bond acceptors (Lipinski definition) is 7. The summed E-state index contributed by atoms with van der Waals surface area (Å²) in [4.78, 5) is 17.0. The number of hydrogen-bond donors (Lipinski definition) is 2. The number of carbonyl (C=O) groups is 1. The zero-order valence-electron chi connectivity index (χ0n) is 14.7. The maximum absolute atomic E-state index is 12.5. The highest BCUT2D eigenvalue weighted by molar-refractivity contribution is 6.36. The minimum absolute atomic E-state index is 0.0756. The van der Waals surface area contributed by atoms with Crippen molar-refractivity contribution in [2.75, 3.05) is 5.73 Å². The molecule has 0 fully saturated rings. The lowest BCUT2D eigenvalue weighted by atomic mass is 10.2. The molecule has 0 spiro atoms. The Morgan fingerprint density at radius 1 is 1.24 bits per heavy atom. The Kier molecular flexibility index (Phi) is 5.15. The summed E-state index contributed by atoms with van der Waals surface area (Å²) in [5.74, 6) is 0.0629. The van der Waals surface area contributed by atoms with Gasteiger partial charge in [-0.2, -0.15) is 5.10 Å². The number of amides is 1. The summed E-state index contributed by atoms with van der Waals surface area (Å²) in [6.45, 7) is -0.0756. The number of aromatic nitrogens is 4. The van der Waals surface area contributed by atoms with Crippen LogP contribution in [0.25, 0.3) is 22.6 Å². The number of rotatable bonds is 5. The highest BCUT2D eigenvalue weighted by Crippen LogP contribution is 2.26. The van der Waals surface area contributed by atoms with Gasteiger partial charge in [0.05, 0.1) is 22.3 Å². The Balaban J connectivity index is 1.58. The lowest BCUT2D eigenvalue weighted by molar-refractivity contribution is -0.121. The van der Waals surface area contributed by atoms with Crippen molar-refractivity contribution in [3.8, 4) is 11.5 Å². The molecule has 0 aliphatic rings. The summed E-state index contributed by atoms with van der Waals surface area (Å²) in [5, 5.41) is 12.2. The number of carbonyl (C=O) groups excluding carboxylic acids is 1. The van der Waals surface area contributed by atoms with E-state index in [0.717, 1.165) is 5.52 Å². The average molecular weight is 430 g/mol. The summed E-state index contributed by atoms with van der Waals surface area (Å²) in [6, 6.07) is 12.3. The first kappa shape index (κ1) is 18.9. The first-order valence-corrected chi connectivity index (χ1v) is 9.09. The van der Waals surface area contributed by atoms with Gasteiger partial charge in [-0.15, -0.1) is 0 Å². The molecule has 0 radical (unpaired) electrons. The molecule has 0 aliphatic carbocycles. The summed E-state index contributed by atoms with van der Waals surface area (Å²) in [6.07, 6.45) is 1.43. The second-order valence-electron chi connectivity index (χ2n) is 5.97. The van der Waals surface area contributed by atoms with Crippen LogP contribution in [0.2, 0.25) is 10.0 Å². The van der Waals surface area contributed by atoms with Crippen LogP contribution in [0.4, 0.5) is 5.82 Å². The molecule has 2 heterocycles. The molecule has 3 N–H and O–H groups in total. The van der Waals surface area contributed by atoms with E-state index in [4.69, 9.17) is 28.9 Å². The topological polar surface area (TPSA) is 124 Å². The van der Waals surface area contributed by atoms with Gasteiger partial charge < -0.3 is 10.3 Å². The Hall–Kier alpha value is -3.43. The lowest BCUT2D eigenvalue weighted by Crippen LogP contribution is -2.23. The van der Waals surface area contributed by atoms with Crippen molar-refractivity contribution in [2.45, 2.75) is 6.54 Å². The number of anilines is 1. The van der Waals surface area contributed by atoms with E-state index < -0.39 is 0 Å². The number of fused-ring (bicyclic) bond motifs is 1. The van der Waals surface area contributed by atoms with E-state index >= 15 is 0 Å². The van der Waals surface area contributed by atoms with Crippen molar-refractivity contribution in [3.63, 3.8) is 0 Å². The maximum atomic E-state index is 12.5. The minimum atomic E-state index is -0.384. The van der Waals surface area contributed by atoms with E-state index in [2.05, 4.69) is 30.5 Å². The Morgan fingerprint density at radius 2 is 2.07 bits per heavy atom. The lowest BCUT2D eigenvalue weighted by Gasteiger charge is -2.06. The van der Waals surface area contributed by atoms with Crippen LogP contribution in [0, 0.1) is 0 Å². The first-order chi connectivity index (χ1) is 14.0. The molecule has 4 aromatic rings. The molecule has 0 saturated carbocycles. The predicted molar refractivity (Wildman–Crippen MR) is 110 cm³/mol. The van der Waals surface area contributed by atoms with Gasteiger partial charge in [-0.1, -0.05) is 41.4 Å². The smallest absolute Gasteiger partial charge is 0.260 e. The third kappa shape index (κ3) is 3.91. The van der Waals surface area contributed by atoms with E-state index in [9.17, 15) is 4.79 Å². The van der Waals surface area contributed by atoms with Gasteiger partial charge >= 0.3 is 0 Å². The number of para-hydroxylation sites is 2. The van der Waals surface area contributed by atoms with Crippen molar-refractivity contribution in [1.29, 1.82) is 0 Å². The van der Waals surface area contributed by atoms with Crippen LogP contribution >= 0.6 is 23.2 Å². The molecule has 0 saturated heterocycles. The number of halogens is 2. The summed E-state index contributed by atoms with van der Waals surface area (Å²) in [5.41, 5.74) is 10.5. The van der Waals surface area contributed by atoms with Crippen LogP contribution in [-0.4, -0.2) is 32.0 Å². The van der Waals surface area contributed by atoms with Crippen molar-refractivity contribution in [2.24, 2.45) is 5.10 Å². The van der Waals surface area contributed by atoms with Crippen LogP contribution in [0.3, 0.4) is 0 Å². The van der Waals surface area contributed by atoms with Gasteiger partial charge in [-0.3, -0.25) is 4.79 Å². The molecular formula is C18H13Cl2N7O2. The van der Waals surface area contributed by atoms with Gasteiger partial charge in [0.1, 0.15) is 6.54 Å². The SMILES string of the molecule is Nc1nonc1-c1nc2ccccc2n1CC(=O)N/N=C\c1ccc(Cl)cc1Cl. The average Bonchev–Trinajstić information content (AvgIpc) is 3.27. The number of nitrogen functional groups attached to an aromatic ring is 1. The highest BCUT2D eigenvalue weighted by atomic mass is 35.5. The highest BCUT2D eigenvalue weighted by Gasteiger charge is 2.20. The van der Waals surface area contributed by atoms with E-state index in [1.165, 1.54) is 6.21 Å². The fourth-order valence-electron chi connectivity index (χ4n) is 2.73. The van der Waals surface area contributed by atoms with Crippen LogP contribution in [0.1, 0.15) is 5.56 Å². The van der Waals surface area contributed by atoms with Crippen LogP contribution in [-0.2, 0) is 11.3 Å². The van der Waals surface area contributed by atoms with Gasteiger partial charge in [0.2, 0.25) is 0 Å². The Bertz CT molecular complexity index is 1230. The molecule has 29 heavy (non-hydrogen) atoms. The van der Waals surface area contributed by atoms with Gasteiger partial charge in [-0.05, 0) is 34.6 Å². The normalized spacial score (nSPS) is 11.4. The molecule has 2 aromatic carbocycles. The van der Waals surface area contributed by atoms with Gasteiger partial charge in [-0.25, -0.2) is 15.0 Å². The molecule has 0 unspecified atom stereocenters. The number of nitrogens with zero attached hydrogens (tertiary/aromatic N) is 5. The fraction of sp³-hybridized carbons (Fsp3) is 0.0556. The monoisotopic (exact) mass is 429 g/mol. The van der Waals surface area contributed by atoms with E-state index in [1.807, 2.05) is 24.3 Å². The molecular weight excluding hydrogens is 417 g/mol. The molecule has 9 nitrogen and oxygen atoms in total. The minimum Gasteiger partial charge on any atom is -0.379 e. The molecule has 0 aliphatic heterocycles. The van der Waals surface area contributed by atoms with Crippen LogP contribution in [0.15, 0.2) is 52.2 Å². The van der Waals surface area contributed by atoms with E-state index in [-0.39, 0.29) is 24.0 Å². The molecule has 146 valence electrons. The van der Waals surface area contributed by atoms with Crippen molar-refractivity contribution < 1.29 is 9.42 Å². The molecule has 4 rings (SSSR count). The van der Waals surface area contributed by atoms with Crippen LogP contribution in [0.5, 0.6) is 0 Å². The second kappa shape index (κ2) is 7.90. The number of nitrogens with two attached hydrogens (primary N) is 1. The summed E-state index contributed by atoms with van der Waals surface area (Å²) in [7, 11) is 0. The molecule has 0 atom stereocenters. The Morgan fingerprint density at radius 3 is 2.83 bits per heavy atom. The quantitative estimate of drug-likeness (QED) is 0.370. The zero-order valence-corrected chi connectivity index (χ0v) is 16.2. The first-order valence-electron chi connectivity index (χ1n) is 8.33. The predicted octanol–water partition coefficient (Wildman–Crippen LogP) is 3.13. The maximum Gasteiger partial charge on any atom is 0.260 e. The third-order valence-electron chi connectivity index (χ3n) is 4.04. The van der Waals surface area contributed by atoms with Crippen molar-refractivity contribution in [3.05, 3.63) is 58.1 Å². The van der Waals surface area contributed by atoms with E-state index in [1.54, 1.807) is 22.8 Å². The number of nitrogens with one attached hydrogen (secondary N) is 1. The fourth-order valence-corrected chi connectivity index (χ4v) is 3.18. The van der Waals surface area contributed by atoms with Crippen molar-refractivity contribution >= 4 is 52.2 Å². The summed E-state index contributed by atoms with van der Waals surface area (Å²) < 4.78 is 6.32. The Labute approximate surface area is 174 Å². The number of hydrazone groups is 1. The van der Waals surface area contributed by atoms with E-state index in [0.29, 0.717) is 26.9 Å². The molecule has 1 amide bonds. The van der Waals surface area contributed by atoms with Crippen molar-refractivity contribution in [1.82, 2.24) is 25.3 Å². The molecule has 0 bridgehead atoms. The number of imidazole rings is 1. The van der Waals surface area contributed by atoms with Crippen LogP contribution < -0.4 is 11.2 Å². The van der Waals surface area contributed by atoms with Gasteiger partial charge in [0.15, 0.2) is 17.3 Å². The third-order valence-corrected chi connectivity index (χ3v) is 4.60. The molecule has 2 aromatic heterocycles. The standard InChI is InChI=1S/C18H13Cl2N7O2/c19-11-6-5-10(12(20)7-11)8-22-24-15(28)9-27-14-4-2-1-3-13(14)23-18(27)16-17(21)26-29-25-16/h1-8H,9H2,(H2,21,26)(H,24,28)/b22-8-. The summed E-state index contributed by atoms with van der Waals surface area (Å²) >= 11 is 11.9. The second-order valence-corrected chi connectivity index (χ2v) is 6.81. The largest absolute Gasteiger partial charge is 0.379 e. The zero-order chi connectivity index (χ0) is 20.4. The van der Waals surface area contributed by atoms with Gasteiger partial charge in [0, 0.05) is 10.6 Å². The number of benzene rings is 2. The molecule has 11 heteroatoms. The van der Waals surface area contributed by atoms with Gasteiger partial charge in [0.25, 0.3) is 5.91 Å².